The van der Waals surface area contributed by atoms with Crippen LogP contribution in [0, 0.1) is 30.1 Å². The Morgan fingerprint density at radius 3 is 1.57 bits per heavy atom. The Morgan fingerprint density at radius 1 is 0.929 bits per heavy atom. The second-order valence-electron chi connectivity index (χ2n) is 4.94. The molecule has 0 radical (unpaired) electrons. The van der Waals surface area contributed by atoms with Crippen molar-refractivity contribution in [3.63, 3.8) is 0 Å². The van der Waals surface area contributed by atoms with Crippen LogP contribution in [0.15, 0.2) is 0 Å². The number of halogens is 1. The van der Waals surface area contributed by atoms with Crippen LogP contribution in [0.1, 0.15) is 47.0 Å². The quantitative estimate of drug-likeness (QED) is 0.508. The maximum absolute atomic E-state index is 2.62. The van der Waals surface area contributed by atoms with E-state index >= 15 is 0 Å². The smallest absolute Gasteiger partial charge is 1.00 e. The molecule has 0 aromatic rings. The van der Waals surface area contributed by atoms with Gasteiger partial charge in [0, 0.05) is 0 Å². The van der Waals surface area contributed by atoms with Crippen molar-refractivity contribution in [1.29, 1.82) is 0 Å². The van der Waals surface area contributed by atoms with Gasteiger partial charge in [0.1, 0.15) is 0 Å². The Kier molecular flexibility index (Phi) is 10.6. The third-order valence-corrected chi connectivity index (χ3v) is 3.28. The van der Waals surface area contributed by atoms with E-state index in [9.17, 15) is 0 Å². The van der Waals surface area contributed by atoms with E-state index in [1.54, 1.807) is 0 Å². The van der Waals surface area contributed by atoms with E-state index in [1.165, 1.54) is 19.3 Å². The van der Waals surface area contributed by atoms with Gasteiger partial charge in [-0.25, -0.2) is 0 Å². The molecule has 1 saturated carbocycles. The Hall–Kier alpha value is 1.25. The molecule has 0 saturated heterocycles. The van der Waals surface area contributed by atoms with Crippen LogP contribution in [0.25, 0.3) is 0 Å². The first-order chi connectivity index (χ1) is 5.61. The van der Waals surface area contributed by atoms with Gasteiger partial charge in [-0.1, -0.05) is 58.8 Å². The van der Waals surface area contributed by atoms with Crippen LogP contribution in [-0.2, 0) is 0 Å². The minimum atomic E-state index is 0. The standard InChI is InChI=1S/C12H23.BrH.Mg/c1-9(2)11-6-5-7-12(8-11)10(3)4;;/h8-12H,5-7H2,1-4H3;1H;/q-1;;+2/p-1. The molecule has 0 N–H and O–H groups in total. The van der Waals surface area contributed by atoms with Gasteiger partial charge in [0.15, 0.2) is 0 Å². The zero-order valence-corrected chi connectivity index (χ0v) is 13.1. The predicted molar refractivity (Wildman–Crippen MR) is 60.6 cm³/mol. The van der Waals surface area contributed by atoms with E-state index < -0.39 is 0 Å². The zero-order valence-electron chi connectivity index (χ0n) is 10.1. The third kappa shape index (κ3) is 5.36. The molecule has 1 fully saturated rings. The number of hydrogen-bond donors (Lipinski definition) is 0. The van der Waals surface area contributed by atoms with Crippen LogP contribution in [-0.4, -0.2) is 23.1 Å². The first kappa shape index (κ1) is 17.6. The average molecular weight is 272 g/mol. The Bertz CT molecular complexity index is 120. The molecule has 0 aliphatic heterocycles. The predicted octanol–water partition coefficient (Wildman–Crippen LogP) is 0.542. The van der Waals surface area contributed by atoms with Crippen LogP contribution >= 0.6 is 0 Å². The van der Waals surface area contributed by atoms with Crippen molar-refractivity contribution in [3.05, 3.63) is 6.42 Å². The summed E-state index contributed by atoms with van der Waals surface area (Å²) in [5.41, 5.74) is 0. The molecule has 1 rings (SSSR count). The molecule has 2 heteroatoms. The van der Waals surface area contributed by atoms with Crippen LogP contribution in [0.5, 0.6) is 0 Å². The van der Waals surface area contributed by atoms with Gasteiger partial charge in [-0.05, 0) is 0 Å². The topological polar surface area (TPSA) is 0 Å². The molecule has 1 aliphatic rings. The summed E-state index contributed by atoms with van der Waals surface area (Å²) in [4.78, 5) is 0. The molecule has 80 valence electrons. The monoisotopic (exact) mass is 270 g/mol. The van der Waals surface area contributed by atoms with Crippen molar-refractivity contribution in [2.45, 2.75) is 47.0 Å². The molecule has 0 spiro atoms. The molecule has 1 aliphatic carbocycles. The fourth-order valence-electron chi connectivity index (χ4n) is 2.21. The van der Waals surface area contributed by atoms with Gasteiger partial charge in [-0.15, -0.1) is 0 Å². The molecule has 0 heterocycles. The molecule has 0 nitrogen and oxygen atoms in total. The van der Waals surface area contributed by atoms with Crippen molar-refractivity contribution in [2.24, 2.45) is 23.7 Å². The molecule has 2 unspecified atom stereocenters. The van der Waals surface area contributed by atoms with E-state index in [1.807, 2.05) is 0 Å². The summed E-state index contributed by atoms with van der Waals surface area (Å²) in [6, 6.07) is 0. The maximum Gasteiger partial charge on any atom is 2.00 e. The second kappa shape index (κ2) is 8.40. The maximum atomic E-state index is 2.62. The van der Waals surface area contributed by atoms with Crippen LogP contribution < -0.4 is 17.0 Å². The summed E-state index contributed by atoms with van der Waals surface area (Å²) >= 11 is 0. The first-order valence-electron chi connectivity index (χ1n) is 5.46. The fraction of sp³-hybridized carbons (Fsp3) is 0.917. The molecule has 0 aromatic carbocycles. The largest absolute Gasteiger partial charge is 2.00 e. The second-order valence-corrected chi connectivity index (χ2v) is 4.94. The molecule has 0 amide bonds. The van der Waals surface area contributed by atoms with Gasteiger partial charge < -0.3 is 23.4 Å². The Balaban J connectivity index is 0. The zero-order chi connectivity index (χ0) is 9.14. The third-order valence-electron chi connectivity index (χ3n) is 3.28. The molecule has 0 aromatic heterocycles. The average Bonchev–Trinajstić information content (AvgIpc) is 2.04. The molecule has 0 bridgehead atoms. The summed E-state index contributed by atoms with van der Waals surface area (Å²) in [7, 11) is 0. The van der Waals surface area contributed by atoms with E-state index in [2.05, 4.69) is 34.1 Å². The minimum absolute atomic E-state index is 0. The Labute approximate surface area is 117 Å². The summed E-state index contributed by atoms with van der Waals surface area (Å²) in [6.07, 6.45) is 6.93. The summed E-state index contributed by atoms with van der Waals surface area (Å²) in [5.74, 6) is 3.50. The molecular weight excluding hydrogens is 248 g/mol. The van der Waals surface area contributed by atoms with Crippen molar-refractivity contribution in [2.75, 3.05) is 0 Å². The van der Waals surface area contributed by atoms with Crippen LogP contribution in [0.2, 0.25) is 0 Å². The van der Waals surface area contributed by atoms with Gasteiger partial charge in [-0.2, -0.15) is 11.8 Å². The first-order valence-corrected chi connectivity index (χ1v) is 5.46. The molecule has 2 atom stereocenters. The van der Waals surface area contributed by atoms with Crippen molar-refractivity contribution in [1.82, 2.24) is 0 Å². The Morgan fingerprint density at radius 2 is 1.29 bits per heavy atom. The van der Waals surface area contributed by atoms with E-state index in [4.69, 9.17) is 0 Å². The fourth-order valence-corrected chi connectivity index (χ4v) is 2.21. The van der Waals surface area contributed by atoms with Gasteiger partial charge in [-0.3, -0.25) is 0 Å². The summed E-state index contributed by atoms with van der Waals surface area (Å²) in [5, 5.41) is 0. The van der Waals surface area contributed by atoms with Crippen LogP contribution in [0.3, 0.4) is 0 Å². The molecular formula is C12H23BrMg. The normalized spacial score (nSPS) is 27.0. The van der Waals surface area contributed by atoms with Gasteiger partial charge >= 0.3 is 23.1 Å². The van der Waals surface area contributed by atoms with Crippen LogP contribution in [0.4, 0.5) is 0 Å². The van der Waals surface area contributed by atoms with Crippen molar-refractivity contribution in [3.8, 4) is 0 Å². The van der Waals surface area contributed by atoms with Crippen molar-refractivity contribution < 1.29 is 17.0 Å². The van der Waals surface area contributed by atoms with E-state index in [-0.39, 0.29) is 40.0 Å². The summed E-state index contributed by atoms with van der Waals surface area (Å²) in [6.45, 7) is 9.40. The van der Waals surface area contributed by atoms with E-state index in [0.29, 0.717) is 0 Å². The summed E-state index contributed by atoms with van der Waals surface area (Å²) < 4.78 is 0. The molecule has 14 heavy (non-hydrogen) atoms. The number of rotatable bonds is 2. The van der Waals surface area contributed by atoms with Gasteiger partial charge in [0.05, 0.1) is 0 Å². The van der Waals surface area contributed by atoms with Crippen molar-refractivity contribution >= 4 is 23.1 Å². The SMILES string of the molecule is CC(C)C1[CH-]C(C(C)C)CCC1.[Br-].[Mg+2]. The van der Waals surface area contributed by atoms with E-state index in [0.717, 1.165) is 23.7 Å². The number of hydrogen-bond acceptors (Lipinski definition) is 0. The van der Waals surface area contributed by atoms with Gasteiger partial charge in [0.2, 0.25) is 0 Å². The minimum Gasteiger partial charge on any atom is -1.00 e. The van der Waals surface area contributed by atoms with Gasteiger partial charge in [0.25, 0.3) is 0 Å².